The van der Waals surface area contributed by atoms with E-state index in [9.17, 15) is 4.79 Å². The molecule has 1 fully saturated rings. The zero-order valence-electron chi connectivity index (χ0n) is 8.89. The van der Waals surface area contributed by atoms with Gasteiger partial charge >= 0.3 is 0 Å². The number of rotatable bonds is 1. The SMILES string of the molecule is NC1CC(=O)N(c2nc3ccc(Br)cc3s2)C1. The van der Waals surface area contributed by atoms with Crippen LogP contribution in [0.1, 0.15) is 6.42 Å². The van der Waals surface area contributed by atoms with Gasteiger partial charge in [-0.1, -0.05) is 27.3 Å². The number of nitrogens with two attached hydrogens (primary N) is 1. The van der Waals surface area contributed by atoms with Crippen molar-refractivity contribution in [2.45, 2.75) is 12.5 Å². The lowest BCUT2D eigenvalue weighted by Crippen LogP contribution is -2.27. The number of anilines is 1. The Morgan fingerprint density at radius 1 is 1.53 bits per heavy atom. The van der Waals surface area contributed by atoms with Crippen LogP contribution in [0.3, 0.4) is 0 Å². The molecule has 0 spiro atoms. The molecule has 1 aliphatic heterocycles. The highest BCUT2D eigenvalue weighted by Gasteiger charge is 2.30. The maximum atomic E-state index is 11.7. The second kappa shape index (κ2) is 4.04. The normalized spacial score (nSPS) is 20.5. The first-order valence-electron chi connectivity index (χ1n) is 5.25. The van der Waals surface area contributed by atoms with Crippen LogP contribution in [0.5, 0.6) is 0 Å². The molecule has 88 valence electrons. The van der Waals surface area contributed by atoms with Crippen LogP contribution in [-0.4, -0.2) is 23.5 Å². The maximum Gasteiger partial charge on any atom is 0.230 e. The van der Waals surface area contributed by atoms with Crippen LogP contribution < -0.4 is 10.6 Å². The van der Waals surface area contributed by atoms with Crippen molar-refractivity contribution < 1.29 is 4.79 Å². The summed E-state index contributed by atoms with van der Waals surface area (Å²) in [6, 6.07) is 5.83. The van der Waals surface area contributed by atoms with Crippen LogP contribution >= 0.6 is 27.3 Å². The fourth-order valence-corrected chi connectivity index (χ4v) is 3.47. The van der Waals surface area contributed by atoms with Crippen LogP contribution in [0.2, 0.25) is 0 Å². The molecule has 1 unspecified atom stereocenters. The summed E-state index contributed by atoms with van der Waals surface area (Å²) in [5, 5.41) is 0.746. The number of halogens is 1. The second-order valence-corrected chi connectivity index (χ2v) is 6.00. The molecular formula is C11H10BrN3OS. The molecule has 17 heavy (non-hydrogen) atoms. The summed E-state index contributed by atoms with van der Waals surface area (Å²) in [5.41, 5.74) is 6.70. The number of carbonyl (C=O) groups excluding carboxylic acids is 1. The molecular weight excluding hydrogens is 302 g/mol. The molecule has 1 aromatic heterocycles. The number of benzene rings is 1. The number of hydrogen-bond donors (Lipinski definition) is 1. The zero-order chi connectivity index (χ0) is 12.0. The van der Waals surface area contributed by atoms with E-state index in [1.54, 1.807) is 4.90 Å². The Bertz CT molecular complexity index is 597. The molecule has 4 nitrogen and oxygen atoms in total. The molecule has 0 saturated carbocycles. The van der Waals surface area contributed by atoms with E-state index < -0.39 is 0 Å². The van der Waals surface area contributed by atoms with Gasteiger partial charge < -0.3 is 5.73 Å². The first-order chi connectivity index (χ1) is 8.13. The molecule has 2 N–H and O–H groups in total. The molecule has 0 bridgehead atoms. The van der Waals surface area contributed by atoms with Gasteiger partial charge in [0.05, 0.1) is 10.2 Å². The van der Waals surface area contributed by atoms with Crippen molar-refractivity contribution in [2.75, 3.05) is 11.4 Å². The monoisotopic (exact) mass is 311 g/mol. The van der Waals surface area contributed by atoms with E-state index >= 15 is 0 Å². The van der Waals surface area contributed by atoms with Crippen molar-refractivity contribution in [3.63, 3.8) is 0 Å². The number of hydrogen-bond acceptors (Lipinski definition) is 4. The minimum atomic E-state index is -0.0683. The van der Waals surface area contributed by atoms with Crippen LogP contribution in [0.25, 0.3) is 10.2 Å². The lowest BCUT2D eigenvalue weighted by Gasteiger charge is -2.10. The molecule has 1 atom stereocenters. The lowest BCUT2D eigenvalue weighted by molar-refractivity contribution is -0.117. The number of nitrogens with zero attached hydrogens (tertiary/aromatic N) is 2. The van der Waals surface area contributed by atoms with Crippen molar-refractivity contribution in [3.8, 4) is 0 Å². The molecule has 0 aliphatic carbocycles. The molecule has 6 heteroatoms. The van der Waals surface area contributed by atoms with Crippen molar-refractivity contribution in [3.05, 3.63) is 22.7 Å². The summed E-state index contributed by atoms with van der Waals surface area (Å²) in [6.45, 7) is 0.569. The molecule has 1 amide bonds. The lowest BCUT2D eigenvalue weighted by atomic mass is 10.3. The fraction of sp³-hybridized carbons (Fsp3) is 0.273. The van der Waals surface area contributed by atoms with Gasteiger partial charge in [0.1, 0.15) is 0 Å². The third-order valence-corrected chi connectivity index (χ3v) is 4.26. The van der Waals surface area contributed by atoms with Crippen molar-refractivity contribution in [1.29, 1.82) is 0 Å². The van der Waals surface area contributed by atoms with Crippen molar-refractivity contribution in [1.82, 2.24) is 4.98 Å². The summed E-state index contributed by atoms with van der Waals surface area (Å²) in [4.78, 5) is 17.9. The Morgan fingerprint density at radius 3 is 3.06 bits per heavy atom. The van der Waals surface area contributed by atoms with Gasteiger partial charge in [0.2, 0.25) is 5.91 Å². The van der Waals surface area contributed by atoms with Gasteiger partial charge in [0.25, 0.3) is 0 Å². The summed E-state index contributed by atoms with van der Waals surface area (Å²) in [6.07, 6.45) is 0.416. The Morgan fingerprint density at radius 2 is 2.35 bits per heavy atom. The van der Waals surface area contributed by atoms with Gasteiger partial charge in [-0.3, -0.25) is 9.69 Å². The van der Waals surface area contributed by atoms with Crippen molar-refractivity contribution >= 4 is 48.5 Å². The number of fused-ring (bicyclic) bond motifs is 1. The summed E-state index contributed by atoms with van der Waals surface area (Å²) >= 11 is 4.95. The average Bonchev–Trinajstić information content (AvgIpc) is 2.80. The van der Waals surface area contributed by atoms with Crippen molar-refractivity contribution in [2.24, 2.45) is 5.73 Å². The summed E-state index contributed by atoms with van der Waals surface area (Å²) in [7, 11) is 0. The third kappa shape index (κ3) is 1.96. The average molecular weight is 312 g/mol. The smallest absolute Gasteiger partial charge is 0.230 e. The Labute approximate surface area is 111 Å². The van der Waals surface area contributed by atoms with Gasteiger partial charge in [0, 0.05) is 23.5 Å². The molecule has 2 aromatic rings. The zero-order valence-corrected chi connectivity index (χ0v) is 11.3. The highest BCUT2D eigenvalue weighted by molar-refractivity contribution is 9.10. The van der Waals surface area contributed by atoms with Gasteiger partial charge in [0.15, 0.2) is 5.13 Å². The summed E-state index contributed by atoms with van der Waals surface area (Å²) in [5.74, 6) is 0.0654. The van der Waals surface area contributed by atoms with E-state index in [0.29, 0.717) is 13.0 Å². The Kier molecular flexibility index (Phi) is 2.65. The molecule has 0 radical (unpaired) electrons. The van der Waals surface area contributed by atoms with E-state index in [1.165, 1.54) is 11.3 Å². The summed E-state index contributed by atoms with van der Waals surface area (Å²) < 4.78 is 2.09. The molecule has 1 saturated heterocycles. The number of aromatic nitrogens is 1. The standard InChI is InChI=1S/C11H10BrN3OS/c12-6-1-2-8-9(3-6)17-11(14-8)15-5-7(13)4-10(15)16/h1-3,7H,4-5,13H2. The Hall–Kier alpha value is -0.980. The molecule has 2 heterocycles. The minimum absolute atomic E-state index is 0.0654. The molecule has 1 aromatic carbocycles. The second-order valence-electron chi connectivity index (χ2n) is 4.08. The first kappa shape index (κ1) is 11.1. The molecule has 3 rings (SSSR count). The Balaban J connectivity index is 2.03. The van der Waals surface area contributed by atoms with Crippen LogP contribution in [0.15, 0.2) is 22.7 Å². The highest BCUT2D eigenvalue weighted by Crippen LogP contribution is 2.32. The number of thiazole rings is 1. The van der Waals surface area contributed by atoms with E-state index in [2.05, 4.69) is 20.9 Å². The van der Waals surface area contributed by atoms with Crippen LogP contribution in [-0.2, 0) is 4.79 Å². The van der Waals surface area contributed by atoms with E-state index in [1.807, 2.05) is 18.2 Å². The fourth-order valence-electron chi connectivity index (χ4n) is 1.92. The van der Waals surface area contributed by atoms with Gasteiger partial charge in [-0.15, -0.1) is 0 Å². The minimum Gasteiger partial charge on any atom is -0.326 e. The molecule has 1 aliphatic rings. The topological polar surface area (TPSA) is 59.2 Å². The van der Waals surface area contributed by atoms with E-state index in [-0.39, 0.29) is 11.9 Å². The first-order valence-corrected chi connectivity index (χ1v) is 6.86. The highest BCUT2D eigenvalue weighted by atomic mass is 79.9. The number of carbonyl (C=O) groups is 1. The van der Waals surface area contributed by atoms with Gasteiger partial charge in [-0.05, 0) is 18.2 Å². The van der Waals surface area contributed by atoms with E-state index in [4.69, 9.17) is 5.73 Å². The number of amides is 1. The predicted octanol–water partition coefficient (Wildman–Crippen LogP) is 2.12. The van der Waals surface area contributed by atoms with Crippen LogP contribution in [0, 0.1) is 0 Å². The largest absolute Gasteiger partial charge is 0.326 e. The van der Waals surface area contributed by atoms with Crippen LogP contribution in [0.4, 0.5) is 5.13 Å². The van der Waals surface area contributed by atoms with Gasteiger partial charge in [-0.2, -0.15) is 0 Å². The van der Waals surface area contributed by atoms with Gasteiger partial charge in [-0.25, -0.2) is 4.98 Å². The third-order valence-electron chi connectivity index (χ3n) is 2.73. The maximum absolute atomic E-state index is 11.7. The quantitative estimate of drug-likeness (QED) is 0.877. The predicted molar refractivity (Wildman–Crippen MR) is 72.3 cm³/mol. The van der Waals surface area contributed by atoms with E-state index in [0.717, 1.165) is 19.8 Å².